The van der Waals surface area contributed by atoms with E-state index >= 15 is 0 Å². The van der Waals surface area contributed by atoms with Crippen LogP contribution in [0.2, 0.25) is 0 Å². The number of aryl methyl sites for hydroxylation is 1. The minimum atomic E-state index is 1.08. The van der Waals surface area contributed by atoms with Crippen molar-refractivity contribution in [3.63, 3.8) is 0 Å². The first kappa shape index (κ1) is 8.13. The molecule has 0 amide bonds. The number of fused-ring (bicyclic) bond motifs is 1. The molecule has 13 heavy (non-hydrogen) atoms. The SMILES string of the molecule is CNNc1ccc2[nH]c(C)cc2c1. The van der Waals surface area contributed by atoms with E-state index in [1.807, 2.05) is 13.1 Å². The van der Waals surface area contributed by atoms with Gasteiger partial charge in [0.25, 0.3) is 0 Å². The van der Waals surface area contributed by atoms with Crippen molar-refractivity contribution in [1.82, 2.24) is 10.4 Å². The highest BCUT2D eigenvalue weighted by Crippen LogP contribution is 2.18. The van der Waals surface area contributed by atoms with Gasteiger partial charge in [0.05, 0.1) is 0 Å². The van der Waals surface area contributed by atoms with Crippen LogP contribution < -0.4 is 10.9 Å². The molecular weight excluding hydrogens is 162 g/mol. The Bertz CT molecular complexity index is 417. The fraction of sp³-hybridized carbons (Fsp3) is 0.200. The lowest BCUT2D eigenvalue weighted by Crippen LogP contribution is -2.14. The summed E-state index contributed by atoms with van der Waals surface area (Å²) in [7, 11) is 1.85. The maximum Gasteiger partial charge on any atom is 0.0494 e. The van der Waals surface area contributed by atoms with Crippen molar-refractivity contribution in [1.29, 1.82) is 0 Å². The van der Waals surface area contributed by atoms with Crippen LogP contribution in [0.3, 0.4) is 0 Å². The van der Waals surface area contributed by atoms with E-state index in [0.717, 1.165) is 5.69 Å². The largest absolute Gasteiger partial charge is 0.359 e. The van der Waals surface area contributed by atoms with Crippen molar-refractivity contribution < 1.29 is 0 Å². The molecule has 0 saturated carbocycles. The van der Waals surface area contributed by atoms with Crippen LogP contribution in [-0.2, 0) is 0 Å². The maximum atomic E-state index is 3.28. The monoisotopic (exact) mass is 175 g/mol. The average molecular weight is 175 g/mol. The third-order valence-electron chi connectivity index (χ3n) is 2.02. The Morgan fingerprint density at radius 3 is 2.85 bits per heavy atom. The summed E-state index contributed by atoms with van der Waals surface area (Å²) in [5.74, 6) is 0. The minimum Gasteiger partial charge on any atom is -0.359 e. The quantitative estimate of drug-likeness (QED) is 0.611. The summed E-state index contributed by atoms with van der Waals surface area (Å²) in [6.07, 6.45) is 0. The third-order valence-corrected chi connectivity index (χ3v) is 2.02. The Balaban J connectivity index is 2.48. The van der Waals surface area contributed by atoms with Crippen LogP contribution in [0.4, 0.5) is 5.69 Å². The number of nitrogens with one attached hydrogen (secondary N) is 3. The predicted molar refractivity (Wildman–Crippen MR) is 55.7 cm³/mol. The van der Waals surface area contributed by atoms with Gasteiger partial charge in [0.2, 0.25) is 0 Å². The number of aromatic amines is 1. The maximum absolute atomic E-state index is 3.28. The molecule has 3 heteroatoms. The van der Waals surface area contributed by atoms with E-state index in [1.165, 1.54) is 16.6 Å². The van der Waals surface area contributed by atoms with E-state index in [-0.39, 0.29) is 0 Å². The average Bonchev–Trinajstić information content (AvgIpc) is 2.44. The second kappa shape index (κ2) is 3.11. The number of H-pyrrole nitrogens is 1. The fourth-order valence-electron chi connectivity index (χ4n) is 1.50. The highest BCUT2D eigenvalue weighted by Gasteiger charge is 1.97. The van der Waals surface area contributed by atoms with Gasteiger partial charge in [-0.15, -0.1) is 0 Å². The van der Waals surface area contributed by atoms with E-state index in [0.29, 0.717) is 0 Å². The molecule has 0 unspecified atom stereocenters. The Kier molecular flexibility index (Phi) is 1.94. The normalized spacial score (nSPS) is 10.6. The number of aromatic nitrogens is 1. The molecule has 0 radical (unpaired) electrons. The molecule has 1 aromatic carbocycles. The first-order valence-electron chi connectivity index (χ1n) is 4.32. The molecule has 0 fully saturated rings. The number of anilines is 1. The van der Waals surface area contributed by atoms with Gasteiger partial charge in [-0.3, -0.25) is 0 Å². The number of rotatable bonds is 2. The van der Waals surface area contributed by atoms with E-state index in [4.69, 9.17) is 0 Å². The molecule has 0 atom stereocenters. The summed E-state index contributed by atoms with van der Waals surface area (Å²) in [5, 5.41) is 1.23. The Hall–Kier alpha value is -1.48. The zero-order valence-corrected chi connectivity index (χ0v) is 7.81. The molecule has 1 heterocycles. The Labute approximate surface area is 77.1 Å². The zero-order valence-electron chi connectivity index (χ0n) is 7.81. The van der Waals surface area contributed by atoms with Gasteiger partial charge >= 0.3 is 0 Å². The first-order valence-corrected chi connectivity index (χ1v) is 4.32. The molecule has 1 aromatic heterocycles. The van der Waals surface area contributed by atoms with E-state index in [2.05, 4.69) is 41.0 Å². The molecule has 0 spiro atoms. The Morgan fingerprint density at radius 1 is 1.23 bits per heavy atom. The number of benzene rings is 1. The minimum absolute atomic E-state index is 1.08. The van der Waals surface area contributed by atoms with Crippen LogP contribution in [0.1, 0.15) is 5.69 Å². The molecule has 0 saturated heterocycles. The topological polar surface area (TPSA) is 39.8 Å². The number of hydrogen-bond acceptors (Lipinski definition) is 2. The van der Waals surface area contributed by atoms with Gasteiger partial charge in [0.1, 0.15) is 0 Å². The van der Waals surface area contributed by atoms with Crippen molar-refractivity contribution in [2.45, 2.75) is 6.92 Å². The van der Waals surface area contributed by atoms with E-state index < -0.39 is 0 Å². The molecule has 2 rings (SSSR count). The van der Waals surface area contributed by atoms with Gasteiger partial charge in [0.15, 0.2) is 0 Å². The van der Waals surface area contributed by atoms with E-state index in [1.54, 1.807) is 0 Å². The standard InChI is InChI=1S/C10H13N3/c1-7-5-8-6-9(13-11-2)3-4-10(8)12-7/h3-6,11-13H,1-2H3. The van der Waals surface area contributed by atoms with Gasteiger partial charge in [-0.25, -0.2) is 5.43 Å². The smallest absolute Gasteiger partial charge is 0.0494 e. The molecule has 0 bridgehead atoms. The molecule has 2 aromatic rings. The first-order chi connectivity index (χ1) is 6.29. The lowest BCUT2D eigenvalue weighted by atomic mass is 10.2. The second-order valence-electron chi connectivity index (χ2n) is 3.13. The molecule has 68 valence electrons. The van der Waals surface area contributed by atoms with Crippen LogP contribution in [0.15, 0.2) is 24.3 Å². The summed E-state index contributed by atoms with van der Waals surface area (Å²) < 4.78 is 0. The number of hydrazine groups is 1. The van der Waals surface area contributed by atoms with Crippen LogP contribution in [0, 0.1) is 6.92 Å². The second-order valence-corrected chi connectivity index (χ2v) is 3.13. The molecule has 0 aliphatic carbocycles. The van der Waals surface area contributed by atoms with Crippen LogP contribution in [0.25, 0.3) is 10.9 Å². The predicted octanol–water partition coefficient (Wildman–Crippen LogP) is 2.02. The summed E-state index contributed by atoms with van der Waals surface area (Å²) in [5.41, 5.74) is 9.39. The lowest BCUT2D eigenvalue weighted by molar-refractivity contribution is 0.985. The Morgan fingerprint density at radius 2 is 2.08 bits per heavy atom. The summed E-state index contributed by atoms with van der Waals surface area (Å²) in [6, 6.07) is 8.35. The summed E-state index contributed by atoms with van der Waals surface area (Å²) >= 11 is 0. The lowest BCUT2D eigenvalue weighted by Gasteiger charge is -2.02. The van der Waals surface area contributed by atoms with Gasteiger partial charge in [0, 0.05) is 29.3 Å². The van der Waals surface area contributed by atoms with Crippen molar-refractivity contribution in [2.24, 2.45) is 0 Å². The third kappa shape index (κ3) is 1.51. The van der Waals surface area contributed by atoms with Crippen LogP contribution >= 0.6 is 0 Å². The van der Waals surface area contributed by atoms with Gasteiger partial charge in [-0.05, 0) is 31.2 Å². The van der Waals surface area contributed by atoms with Gasteiger partial charge in [-0.2, -0.15) is 0 Å². The van der Waals surface area contributed by atoms with Crippen molar-refractivity contribution in [2.75, 3.05) is 12.5 Å². The highest BCUT2D eigenvalue weighted by atomic mass is 15.3. The molecule has 0 aliphatic heterocycles. The number of hydrogen-bond donors (Lipinski definition) is 3. The molecule has 3 nitrogen and oxygen atoms in total. The van der Waals surface area contributed by atoms with Crippen molar-refractivity contribution in [3.05, 3.63) is 30.0 Å². The molecule has 0 aliphatic rings. The molecular formula is C10H13N3. The van der Waals surface area contributed by atoms with E-state index in [9.17, 15) is 0 Å². The van der Waals surface area contributed by atoms with Gasteiger partial charge in [-0.1, -0.05) is 0 Å². The fourth-order valence-corrected chi connectivity index (χ4v) is 1.50. The summed E-state index contributed by atoms with van der Waals surface area (Å²) in [4.78, 5) is 3.28. The van der Waals surface area contributed by atoms with Crippen molar-refractivity contribution >= 4 is 16.6 Å². The van der Waals surface area contributed by atoms with Crippen molar-refractivity contribution in [3.8, 4) is 0 Å². The molecule has 3 N–H and O–H groups in total. The van der Waals surface area contributed by atoms with Crippen LogP contribution in [-0.4, -0.2) is 12.0 Å². The summed E-state index contributed by atoms with van der Waals surface area (Å²) in [6.45, 7) is 2.06. The van der Waals surface area contributed by atoms with Gasteiger partial charge < -0.3 is 10.4 Å². The highest BCUT2D eigenvalue weighted by molar-refractivity contribution is 5.83. The zero-order chi connectivity index (χ0) is 9.26. The van der Waals surface area contributed by atoms with Crippen LogP contribution in [0.5, 0.6) is 0 Å².